The van der Waals surface area contributed by atoms with Crippen LogP contribution < -0.4 is 0 Å². The summed E-state index contributed by atoms with van der Waals surface area (Å²) in [7, 11) is 0. The molecule has 0 aromatic carbocycles. The van der Waals surface area contributed by atoms with Crippen molar-refractivity contribution in [3.8, 4) is 0 Å². The molecular weight excluding hydrogens is 685 g/mol. The Bertz CT molecular complexity index is 841. The summed E-state index contributed by atoms with van der Waals surface area (Å²) in [5.74, 6) is 0.732. The molecule has 1 unspecified atom stereocenters. The largest absolute Gasteiger partial charge is 0.462 e. The van der Waals surface area contributed by atoms with Crippen LogP contribution >= 0.6 is 0 Å². The number of hydrogen-bond acceptors (Lipinski definition) is 6. The van der Waals surface area contributed by atoms with Gasteiger partial charge in [0.05, 0.1) is 0 Å². The predicted molar refractivity (Wildman–Crippen MR) is 233 cm³/mol. The topological polar surface area (TPSA) is 78.9 Å². The van der Waals surface area contributed by atoms with Gasteiger partial charge in [-0.3, -0.25) is 14.4 Å². The fourth-order valence-electron chi connectivity index (χ4n) is 7.25. The summed E-state index contributed by atoms with van der Waals surface area (Å²) in [6.45, 7) is 11.3. The second kappa shape index (κ2) is 42.0. The Balaban J connectivity index is 4.26. The Hall–Kier alpha value is -1.59. The molecule has 2 atom stereocenters. The number of carbonyl (C=O) groups is 3. The third kappa shape index (κ3) is 41.9. The summed E-state index contributed by atoms with van der Waals surface area (Å²) >= 11 is 0. The van der Waals surface area contributed by atoms with E-state index >= 15 is 0 Å². The standard InChI is InChI=1S/C49H94O6/c1-6-8-9-10-11-12-13-14-15-16-17-18-19-20-23-29-34-39-47(50)53-42-46(55-49(52)41-36-31-24-21-22-27-32-37-44(3)4)43-54-48(51)40-35-30-26-25-28-33-38-45(5)7-2/h44-46H,6-43H2,1-5H3/t45?,46-/m1/s1. The highest BCUT2D eigenvalue weighted by molar-refractivity contribution is 5.71. The van der Waals surface area contributed by atoms with Crippen LogP contribution in [0.25, 0.3) is 0 Å². The molecule has 0 aromatic rings. The van der Waals surface area contributed by atoms with Crippen molar-refractivity contribution < 1.29 is 28.6 Å². The van der Waals surface area contributed by atoms with Crippen molar-refractivity contribution in [3.63, 3.8) is 0 Å². The Morgan fingerprint density at radius 1 is 0.382 bits per heavy atom. The normalized spacial score (nSPS) is 12.5. The van der Waals surface area contributed by atoms with E-state index in [0.29, 0.717) is 19.3 Å². The number of unbranched alkanes of at least 4 members (excludes halogenated alkanes) is 27. The molecule has 6 nitrogen and oxygen atoms in total. The predicted octanol–water partition coefficient (Wildman–Crippen LogP) is 15.4. The van der Waals surface area contributed by atoms with E-state index in [-0.39, 0.29) is 31.1 Å². The van der Waals surface area contributed by atoms with Gasteiger partial charge in [-0.15, -0.1) is 0 Å². The summed E-state index contributed by atoms with van der Waals surface area (Å²) in [6.07, 6.45) is 41.0. The minimum absolute atomic E-state index is 0.0656. The van der Waals surface area contributed by atoms with Gasteiger partial charge >= 0.3 is 17.9 Å². The van der Waals surface area contributed by atoms with E-state index in [9.17, 15) is 14.4 Å². The number of rotatable bonds is 43. The van der Waals surface area contributed by atoms with E-state index in [1.54, 1.807) is 0 Å². The highest BCUT2D eigenvalue weighted by Crippen LogP contribution is 2.17. The van der Waals surface area contributed by atoms with E-state index < -0.39 is 6.10 Å². The highest BCUT2D eigenvalue weighted by Gasteiger charge is 2.19. The number of carbonyl (C=O) groups excluding carboxylic acids is 3. The number of ether oxygens (including phenoxy) is 3. The molecule has 0 fully saturated rings. The zero-order chi connectivity index (χ0) is 40.5. The maximum Gasteiger partial charge on any atom is 0.306 e. The van der Waals surface area contributed by atoms with E-state index in [2.05, 4.69) is 34.6 Å². The van der Waals surface area contributed by atoms with Crippen molar-refractivity contribution in [1.82, 2.24) is 0 Å². The van der Waals surface area contributed by atoms with Gasteiger partial charge in [0, 0.05) is 19.3 Å². The summed E-state index contributed by atoms with van der Waals surface area (Å²) < 4.78 is 16.7. The first-order valence-electron chi connectivity index (χ1n) is 24.3. The molecule has 0 heterocycles. The van der Waals surface area contributed by atoms with E-state index in [1.165, 1.54) is 154 Å². The summed E-state index contributed by atoms with van der Waals surface area (Å²) in [4.78, 5) is 37.7. The van der Waals surface area contributed by atoms with Crippen molar-refractivity contribution in [2.45, 2.75) is 272 Å². The molecular formula is C49H94O6. The molecule has 0 saturated carbocycles. The molecule has 0 radical (unpaired) electrons. The van der Waals surface area contributed by atoms with Gasteiger partial charge in [-0.2, -0.15) is 0 Å². The third-order valence-electron chi connectivity index (χ3n) is 11.3. The quantitative estimate of drug-likeness (QED) is 0.0348. The Labute approximate surface area is 342 Å². The maximum absolute atomic E-state index is 12.7. The monoisotopic (exact) mass is 779 g/mol. The van der Waals surface area contributed by atoms with Crippen molar-refractivity contribution in [2.24, 2.45) is 11.8 Å². The first-order chi connectivity index (χ1) is 26.8. The van der Waals surface area contributed by atoms with Gasteiger partial charge < -0.3 is 14.2 Å². The molecule has 0 aliphatic carbocycles. The van der Waals surface area contributed by atoms with Crippen molar-refractivity contribution in [1.29, 1.82) is 0 Å². The van der Waals surface area contributed by atoms with Crippen LogP contribution in [0.1, 0.15) is 266 Å². The van der Waals surface area contributed by atoms with Crippen LogP contribution in [0.4, 0.5) is 0 Å². The highest BCUT2D eigenvalue weighted by atomic mass is 16.6. The summed E-state index contributed by atoms with van der Waals surface area (Å²) in [6, 6.07) is 0. The first-order valence-corrected chi connectivity index (χ1v) is 24.3. The first kappa shape index (κ1) is 53.4. The molecule has 0 aliphatic heterocycles. The van der Waals surface area contributed by atoms with Gasteiger partial charge in [0.1, 0.15) is 13.2 Å². The van der Waals surface area contributed by atoms with Gasteiger partial charge in [0.15, 0.2) is 6.10 Å². The second-order valence-corrected chi connectivity index (χ2v) is 17.5. The van der Waals surface area contributed by atoms with Crippen LogP contribution in [0.15, 0.2) is 0 Å². The van der Waals surface area contributed by atoms with Gasteiger partial charge in [0.2, 0.25) is 0 Å². The van der Waals surface area contributed by atoms with Crippen molar-refractivity contribution >= 4 is 17.9 Å². The fraction of sp³-hybridized carbons (Fsp3) is 0.939. The van der Waals surface area contributed by atoms with Gasteiger partial charge in [0.25, 0.3) is 0 Å². The van der Waals surface area contributed by atoms with Crippen LogP contribution in [-0.2, 0) is 28.6 Å². The third-order valence-corrected chi connectivity index (χ3v) is 11.3. The molecule has 55 heavy (non-hydrogen) atoms. The lowest BCUT2D eigenvalue weighted by molar-refractivity contribution is -0.167. The molecule has 0 aliphatic rings. The van der Waals surface area contributed by atoms with Crippen LogP contribution in [0.2, 0.25) is 0 Å². The lowest BCUT2D eigenvalue weighted by atomic mass is 10.00. The molecule has 0 saturated heterocycles. The van der Waals surface area contributed by atoms with E-state index in [1.807, 2.05) is 0 Å². The van der Waals surface area contributed by atoms with Gasteiger partial charge in [-0.1, -0.05) is 227 Å². The fourth-order valence-corrected chi connectivity index (χ4v) is 7.25. The number of esters is 3. The van der Waals surface area contributed by atoms with Crippen LogP contribution in [0, 0.1) is 11.8 Å². The molecule has 0 N–H and O–H groups in total. The van der Waals surface area contributed by atoms with E-state index in [4.69, 9.17) is 14.2 Å². The average Bonchev–Trinajstić information content (AvgIpc) is 3.17. The minimum Gasteiger partial charge on any atom is -0.462 e. The van der Waals surface area contributed by atoms with Crippen LogP contribution in [0.3, 0.4) is 0 Å². The zero-order valence-electron chi connectivity index (χ0n) is 37.6. The van der Waals surface area contributed by atoms with Gasteiger partial charge in [-0.05, 0) is 31.1 Å². The van der Waals surface area contributed by atoms with E-state index in [0.717, 1.165) is 69.6 Å². The molecule has 326 valence electrons. The molecule has 6 heteroatoms. The molecule has 0 aromatic heterocycles. The lowest BCUT2D eigenvalue weighted by Crippen LogP contribution is -2.30. The van der Waals surface area contributed by atoms with Gasteiger partial charge in [-0.25, -0.2) is 0 Å². The maximum atomic E-state index is 12.7. The Morgan fingerprint density at radius 2 is 0.691 bits per heavy atom. The van der Waals surface area contributed by atoms with Crippen molar-refractivity contribution in [2.75, 3.05) is 13.2 Å². The molecule has 0 bridgehead atoms. The Morgan fingerprint density at radius 3 is 1.04 bits per heavy atom. The SMILES string of the molecule is CCCCCCCCCCCCCCCCCCCC(=O)OC[C@H](COC(=O)CCCCCCCCC(C)CC)OC(=O)CCCCCCCCCC(C)C. The molecule has 0 spiro atoms. The summed E-state index contributed by atoms with van der Waals surface area (Å²) in [5, 5.41) is 0. The number of hydrogen-bond donors (Lipinski definition) is 0. The van der Waals surface area contributed by atoms with Crippen LogP contribution in [0.5, 0.6) is 0 Å². The lowest BCUT2D eigenvalue weighted by Gasteiger charge is -2.18. The smallest absolute Gasteiger partial charge is 0.306 e. The Kier molecular flexibility index (Phi) is 40.8. The summed E-state index contributed by atoms with van der Waals surface area (Å²) in [5.41, 5.74) is 0. The molecule has 0 amide bonds. The minimum atomic E-state index is -0.762. The zero-order valence-corrected chi connectivity index (χ0v) is 37.6. The van der Waals surface area contributed by atoms with Crippen LogP contribution in [-0.4, -0.2) is 37.2 Å². The molecule has 0 rings (SSSR count). The average molecular weight is 779 g/mol. The van der Waals surface area contributed by atoms with Crippen molar-refractivity contribution in [3.05, 3.63) is 0 Å². The second-order valence-electron chi connectivity index (χ2n) is 17.5.